The van der Waals surface area contributed by atoms with E-state index in [1.165, 1.54) is 25.0 Å². The Labute approximate surface area is 164 Å². The first kappa shape index (κ1) is 19.3. The van der Waals surface area contributed by atoms with Gasteiger partial charge in [-0.05, 0) is 31.9 Å². The number of piperidine rings is 1. The quantitative estimate of drug-likeness (QED) is 0.588. The first-order valence-corrected chi connectivity index (χ1v) is 9.71. The van der Waals surface area contributed by atoms with Gasteiger partial charge >= 0.3 is 0 Å². The lowest BCUT2D eigenvalue weighted by Crippen LogP contribution is -2.45. The van der Waals surface area contributed by atoms with E-state index in [4.69, 9.17) is 23.2 Å². The Balaban J connectivity index is 1.56. The van der Waals surface area contributed by atoms with Crippen LogP contribution in [0.2, 0.25) is 10.0 Å². The second-order valence-electron chi connectivity index (χ2n) is 7.33. The van der Waals surface area contributed by atoms with Gasteiger partial charge in [0, 0.05) is 37.7 Å². The maximum absolute atomic E-state index is 12.6. The standard InChI is InChI=1S/C19H25Cl2N3O2/c1-2-6-23-7-3-4-19(12-23)5-8-24(13-19)18(26)11-22-16-9-14(20)15(21)10-17(16)25/h2,9-10,22,25H,1,3-8,11-13H2. The van der Waals surface area contributed by atoms with Crippen molar-refractivity contribution in [1.82, 2.24) is 9.80 Å². The zero-order valence-electron chi connectivity index (χ0n) is 14.8. The van der Waals surface area contributed by atoms with E-state index in [0.717, 1.165) is 39.1 Å². The van der Waals surface area contributed by atoms with E-state index in [2.05, 4.69) is 16.8 Å². The molecule has 1 atom stereocenters. The molecule has 0 radical (unpaired) electrons. The van der Waals surface area contributed by atoms with Gasteiger partial charge in [0.1, 0.15) is 5.75 Å². The lowest BCUT2D eigenvalue weighted by molar-refractivity contribution is -0.128. The summed E-state index contributed by atoms with van der Waals surface area (Å²) in [5.41, 5.74) is 0.624. The minimum atomic E-state index is -0.0163. The third-order valence-corrected chi connectivity index (χ3v) is 6.11. The fourth-order valence-electron chi connectivity index (χ4n) is 4.09. The van der Waals surface area contributed by atoms with Gasteiger partial charge in [-0.1, -0.05) is 29.3 Å². The second kappa shape index (κ2) is 8.07. The molecule has 2 N–H and O–H groups in total. The van der Waals surface area contributed by atoms with Crippen molar-refractivity contribution in [3.8, 4) is 5.75 Å². The number of amides is 1. The summed E-state index contributed by atoms with van der Waals surface area (Å²) in [4.78, 5) is 17.0. The number of hydrogen-bond donors (Lipinski definition) is 2. The van der Waals surface area contributed by atoms with Gasteiger partial charge in [-0.2, -0.15) is 0 Å². The predicted molar refractivity (Wildman–Crippen MR) is 106 cm³/mol. The average molecular weight is 398 g/mol. The molecular formula is C19H25Cl2N3O2. The Morgan fingerprint density at radius 2 is 2.04 bits per heavy atom. The summed E-state index contributed by atoms with van der Waals surface area (Å²) in [6.45, 7) is 8.60. The number of rotatable bonds is 5. The van der Waals surface area contributed by atoms with E-state index in [9.17, 15) is 9.90 Å². The summed E-state index contributed by atoms with van der Waals surface area (Å²) >= 11 is 11.8. The van der Waals surface area contributed by atoms with Gasteiger partial charge in [-0.15, -0.1) is 6.58 Å². The molecule has 5 nitrogen and oxygen atoms in total. The number of halogens is 2. The van der Waals surface area contributed by atoms with Crippen LogP contribution in [-0.4, -0.2) is 60.1 Å². The molecule has 142 valence electrons. The van der Waals surface area contributed by atoms with Crippen molar-refractivity contribution in [2.45, 2.75) is 19.3 Å². The molecule has 1 aromatic carbocycles. The van der Waals surface area contributed by atoms with Crippen molar-refractivity contribution in [3.63, 3.8) is 0 Å². The number of phenolic OH excluding ortho intramolecular Hbond substituents is 1. The summed E-state index contributed by atoms with van der Waals surface area (Å²) < 4.78 is 0. The maximum atomic E-state index is 12.6. The van der Waals surface area contributed by atoms with Crippen LogP contribution in [0, 0.1) is 5.41 Å². The van der Waals surface area contributed by atoms with Crippen LogP contribution >= 0.6 is 23.2 Å². The van der Waals surface area contributed by atoms with Gasteiger partial charge in [0.05, 0.1) is 22.3 Å². The molecule has 2 heterocycles. The van der Waals surface area contributed by atoms with Gasteiger partial charge in [0.15, 0.2) is 0 Å². The molecule has 7 heteroatoms. The molecule has 2 fully saturated rings. The van der Waals surface area contributed by atoms with E-state index in [-0.39, 0.29) is 28.6 Å². The van der Waals surface area contributed by atoms with Crippen LogP contribution in [0.4, 0.5) is 5.69 Å². The third kappa shape index (κ3) is 4.27. The van der Waals surface area contributed by atoms with E-state index in [0.29, 0.717) is 10.7 Å². The Kier molecular flexibility index (Phi) is 6.00. The van der Waals surface area contributed by atoms with Gasteiger partial charge in [-0.25, -0.2) is 0 Å². The summed E-state index contributed by atoms with van der Waals surface area (Å²) in [6, 6.07) is 2.91. The normalized spacial score (nSPS) is 23.4. The third-order valence-electron chi connectivity index (χ3n) is 5.39. The monoisotopic (exact) mass is 397 g/mol. The summed E-state index contributed by atoms with van der Waals surface area (Å²) in [6.07, 6.45) is 5.34. The molecular weight excluding hydrogens is 373 g/mol. The molecule has 2 aliphatic rings. The van der Waals surface area contributed by atoms with Crippen LogP contribution in [-0.2, 0) is 4.79 Å². The molecule has 3 rings (SSSR count). The van der Waals surface area contributed by atoms with Crippen molar-refractivity contribution in [1.29, 1.82) is 0 Å². The number of likely N-dealkylation sites (tertiary alicyclic amines) is 2. The van der Waals surface area contributed by atoms with Gasteiger partial charge in [-0.3, -0.25) is 9.69 Å². The van der Waals surface area contributed by atoms with Crippen LogP contribution in [0.25, 0.3) is 0 Å². The predicted octanol–water partition coefficient (Wildman–Crippen LogP) is 3.61. The van der Waals surface area contributed by atoms with Gasteiger partial charge < -0.3 is 15.3 Å². The fraction of sp³-hybridized carbons (Fsp3) is 0.526. The van der Waals surface area contributed by atoms with Crippen molar-refractivity contribution in [2.75, 3.05) is 44.6 Å². The highest BCUT2D eigenvalue weighted by Gasteiger charge is 2.42. The maximum Gasteiger partial charge on any atom is 0.241 e. The number of aromatic hydroxyl groups is 1. The molecule has 0 aliphatic carbocycles. The van der Waals surface area contributed by atoms with Crippen molar-refractivity contribution >= 4 is 34.8 Å². The number of nitrogens with one attached hydrogen (secondary N) is 1. The number of nitrogens with zero attached hydrogens (tertiary/aromatic N) is 2. The Bertz CT molecular complexity index is 698. The SMILES string of the molecule is C=CCN1CCCC2(CCN(C(=O)CNc3cc(Cl)c(Cl)cc3O)C2)C1. The van der Waals surface area contributed by atoms with Crippen molar-refractivity contribution < 1.29 is 9.90 Å². The zero-order valence-corrected chi connectivity index (χ0v) is 16.3. The molecule has 0 saturated carbocycles. The molecule has 2 aliphatic heterocycles. The first-order chi connectivity index (χ1) is 12.4. The topological polar surface area (TPSA) is 55.8 Å². The molecule has 1 unspecified atom stereocenters. The highest BCUT2D eigenvalue weighted by molar-refractivity contribution is 6.42. The average Bonchev–Trinajstić information content (AvgIpc) is 3.00. The van der Waals surface area contributed by atoms with E-state index in [1.807, 2.05) is 11.0 Å². The summed E-state index contributed by atoms with van der Waals surface area (Å²) in [5, 5.41) is 13.5. The molecule has 0 bridgehead atoms. The molecule has 2 saturated heterocycles. The van der Waals surface area contributed by atoms with Crippen LogP contribution in [0.15, 0.2) is 24.8 Å². The fourth-order valence-corrected chi connectivity index (χ4v) is 4.41. The van der Waals surface area contributed by atoms with E-state index in [1.54, 1.807) is 0 Å². The zero-order chi connectivity index (χ0) is 18.7. The second-order valence-corrected chi connectivity index (χ2v) is 8.14. The Hall–Kier alpha value is -1.43. The van der Waals surface area contributed by atoms with Gasteiger partial charge in [0.25, 0.3) is 0 Å². The largest absolute Gasteiger partial charge is 0.506 e. The lowest BCUT2D eigenvalue weighted by Gasteiger charge is -2.40. The molecule has 1 amide bonds. The number of benzene rings is 1. The van der Waals surface area contributed by atoms with Crippen LogP contribution in [0.1, 0.15) is 19.3 Å². The summed E-state index contributed by atoms with van der Waals surface area (Å²) in [5.74, 6) is 0.0191. The highest BCUT2D eigenvalue weighted by atomic mass is 35.5. The molecule has 26 heavy (non-hydrogen) atoms. The molecule has 0 aromatic heterocycles. The van der Waals surface area contributed by atoms with E-state index >= 15 is 0 Å². The highest BCUT2D eigenvalue weighted by Crippen LogP contribution is 2.39. The molecule has 1 aromatic rings. The number of carbonyl (C=O) groups excluding carboxylic acids is 1. The minimum absolute atomic E-state index is 0.0163. The summed E-state index contributed by atoms with van der Waals surface area (Å²) in [7, 11) is 0. The molecule has 1 spiro atoms. The minimum Gasteiger partial charge on any atom is -0.506 e. The Morgan fingerprint density at radius 1 is 1.27 bits per heavy atom. The number of carbonyl (C=O) groups is 1. The van der Waals surface area contributed by atoms with Crippen LogP contribution in [0.5, 0.6) is 5.75 Å². The number of hydrogen-bond acceptors (Lipinski definition) is 4. The smallest absolute Gasteiger partial charge is 0.241 e. The van der Waals surface area contributed by atoms with E-state index < -0.39 is 0 Å². The first-order valence-electron chi connectivity index (χ1n) is 8.95. The van der Waals surface area contributed by atoms with Crippen LogP contribution < -0.4 is 5.32 Å². The van der Waals surface area contributed by atoms with Crippen molar-refractivity contribution in [3.05, 3.63) is 34.8 Å². The van der Waals surface area contributed by atoms with Crippen molar-refractivity contribution in [2.24, 2.45) is 5.41 Å². The Morgan fingerprint density at radius 3 is 2.81 bits per heavy atom. The number of phenols is 1. The number of anilines is 1. The lowest BCUT2D eigenvalue weighted by atomic mass is 9.79. The van der Waals surface area contributed by atoms with Gasteiger partial charge in [0.2, 0.25) is 5.91 Å². The van der Waals surface area contributed by atoms with Crippen LogP contribution in [0.3, 0.4) is 0 Å².